The summed E-state index contributed by atoms with van der Waals surface area (Å²) in [4.78, 5) is 13.3. The number of hydrogen-bond acceptors (Lipinski definition) is 4. The number of halogens is 3. The molecule has 1 aliphatic heterocycles. The molecule has 21 heavy (non-hydrogen) atoms. The minimum Gasteiger partial charge on any atom is -0.346 e. The average Bonchev–Trinajstić information content (AvgIpc) is 3.16. The highest BCUT2D eigenvalue weighted by atomic mass is 19.4. The van der Waals surface area contributed by atoms with E-state index in [0.29, 0.717) is 25.6 Å². The molecule has 0 saturated heterocycles. The van der Waals surface area contributed by atoms with E-state index in [1.165, 1.54) is 0 Å². The van der Waals surface area contributed by atoms with Gasteiger partial charge < -0.3 is 9.88 Å². The Hall–Kier alpha value is -1.64. The first-order valence-electron chi connectivity index (χ1n) is 6.90. The molecule has 116 valence electrons. The first kappa shape index (κ1) is 14.3. The molecule has 1 N–H and O–H groups in total. The Labute approximate surface area is 119 Å². The first-order valence-corrected chi connectivity index (χ1v) is 6.90. The highest BCUT2D eigenvalue weighted by Gasteiger charge is 2.32. The summed E-state index contributed by atoms with van der Waals surface area (Å²) in [6, 6.07) is 0. The Bertz CT molecular complexity index is 537. The van der Waals surface area contributed by atoms with E-state index in [4.69, 9.17) is 0 Å². The van der Waals surface area contributed by atoms with E-state index in [1.54, 1.807) is 4.90 Å². The number of rotatable bonds is 4. The van der Waals surface area contributed by atoms with Crippen LogP contribution in [-0.4, -0.2) is 51.4 Å². The van der Waals surface area contributed by atoms with E-state index in [0.717, 1.165) is 24.5 Å². The maximum Gasteiger partial charge on any atom is 0.405 e. The number of carbonyl (C=O) groups is 1. The van der Waals surface area contributed by atoms with Gasteiger partial charge in [-0.3, -0.25) is 9.69 Å². The standard InChI is InChI=1S/C12H16F3N5O/c13-12(14,15)7-16-10(21)6-19-3-4-20-9(5-19)17-18-11(20)8-1-2-8/h8H,1-7H2,(H,16,21). The molecule has 1 amide bonds. The average molecular weight is 303 g/mol. The second-order valence-electron chi connectivity index (χ2n) is 5.50. The van der Waals surface area contributed by atoms with Crippen LogP contribution in [0, 0.1) is 0 Å². The molecule has 2 heterocycles. The second-order valence-corrected chi connectivity index (χ2v) is 5.50. The molecule has 3 rings (SSSR count). The van der Waals surface area contributed by atoms with Crippen molar-refractivity contribution in [2.45, 2.75) is 38.0 Å². The van der Waals surface area contributed by atoms with Crippen LogP contribution in [-0.2, 0) is 17.9 Å². The molecule has 6 nitrogen and oxygen atoms in total. The SMILES string of the molecule is O=C(CN1CCn2c(nnc2C2CC2)C1)NCC(F)(F)F. The van der Waals surface area contributed by atoms with Crippen molar-refractivity contribution in [2.24, 2.45) is 0 Å². The zero-order valence-electron chi connectivity index (χ0n) is 11.4. The molecular weight excluding hydrogens is 287 g/mol. The third-order valence-corrected chi connectivity index (χ3v) is 3.66. The van der Waals surface area contributed by atoms with Gasteiger partial charge in [0.05, 0.1) is 13.1 Å². The van der Waals surface area contributed by atoms with E-state index in [9.17, 15) is 18.0 Å². The van der Waals surface area contributed by atoms with E-state index in [-0.39, 0.29) is 6.54 Å². The van der Waals surface area contributed by atoms with Crippen molar-refractivity contribution >= 4 is 5.91 Å². The minimum atomic E-state index is -4.38. The van der Waals surface area contributed by atoms with Gasteiger partial charge in [0.15, 0.2) is 0 Å². The lowest BCUT2D eigenvalue weighted by Gasteiger charge is -2.27. The first-order chi connectivity index (χ1) is 9.92. The molecule has 1 fully saturated rings. The van der Waals surface area contributed by atoms with Crippen LogP contribution in [0.5, 0.6) is 0 Å². The van der Waals surface area contributed by atoms with Crippen LogP contribution in [0.25, 0.3) is 0 Å². The second kappa shape index (κ2) is 5.28. The largest absolute Gasteiger partial charge is 0.405 e. The number of hydrogen-bond donors (Lipinski definition) is 1. The molecule has 1 saturated carbocycles. The van der Waals surface area contributed by atoms with Crippen molar-refractivity contribution in [1.29, 1.82) is 0 Å². The van der Waals surface area contributed by atoms with Crippen molar-refractivity contribution in [2.75, 3.05) is 19.6 Å². The fraction of sp³-hybridized carbons (Fsp3) is 0.750. The van der Waals surface area contributed by atoms with Crippen LogP contribution in [0.1, 0.15) is 30.4 Å². The number of alkyl halides is 3. The Morgan fingerprint density at radius 1 is 1.29 bits per heavy atom. The van der Waals surface area contributed by atoms with Crippen molar-refractivity contribution in [3.63, 3.8) is 0 Å². The van der Waals surface area contributed by atoms with Gasteiger partial charge in [0.1, 0.15) is 18.2 Å². The Kier molecular flexibility index (Phi) is 3.60. The fourth-order valence-corrected chi connectivity index (χ4v) is 2.47. The Morgan fingerprint density at radius 3 is 2.71 bits per heavy atom. The smallest absolute Gasteiger partial charge is 0.346 e. The lowest BCUT2D eigenvalue weighted by Crippen LogP contribution is -2.43. The van der Waals surface area contributed by atoms with Gasteiger partial charge >= 0.3 is 6.18 Å². The highest BCUT2D eigenvalue weighted by molar-refractivity contribution is 5.78. The van der Waals surface area contributed by atoms with Gasteiger partial charge in [0, 0.05) is 19.0 Å². The van der Waals surface area contributed by atoms with E-state index in [1.807, 2.05) is 5.32 Å². The molecule has 0 spiro atoms. The normalized spacial score (nSPS) is 19.4. The Balaban J connectivity index is 1.53. The number of nitrogens with zero attached hydrogens (tertiary/aromatic N) is 4. The van der Waals surface area contributed by atoms with Crippen molar-refractivity contribution < 1.29 is 18.0 Å². The van der Waals surface area contributed by atoms with E-state index < -0.39 is 18.6 Å². The van der Waals surface area contributed by atoms with E-state index >= 15 is 0 Å². The van der Waals surface area contributed by atoms with Crippen LogP contribution in [0.4, 0.5) is 13.2 Å². The van der Waals surface area contributed by atoms with Gasteiger partial charge in [-0.15, -0.1) is 10.2 Å². The van der Waals surface area contributed by atoms with Gasteiger partial charge in [-0.05, 0) is 12.8 Å². The number of aromatic nitrogens is 3. The topological polar surface area (TPSA) is 63.1 Å². The summed E-state index contributed by atoms with van der Waals surface area (Å²) >= 11 is 0. The number of carbonyl (C=O) groups excluding carboxylic acids is 1. The summed E-state index contributed by atoms with van der Waals surface area (Å²) in [5.74, 6) is 1.67. The monoisotopic (exact) mass is 303 g/mol. The lowest BCUT2D eigenvalue weighted by molar-refractivity contribution is -0.139. The lowest BCUT2D eigenvalue weighted by atomic mass is 10.3. The predicted octanol–water partition coefficient (Wildman–Crippen LogP) is 0.650. The third-order valence-electron chi connectivity index (χ3n) is 3.66. The maximum atomic E-state index is 12.0. The summed E-state index contributed by atoms with van der Waals surface area (Å²) < 4.78 is 38.1. The molecule has 0 bridgehead atoms. The molecule has 9 heteroatoms. The molecule has 1 aromatic heterocycles. The van der Waals surface area contributed by atoms with Gasteiger partial charge in [0.25, 0.3) is 0 Å². The zero-order chi connectivity index (χ0) is 15.0. The maximum absolute atomic E-state index is 12.0. The number of fused-ring (bicyclic) bond motifs is 1. The summed E-state index contributed by atoms with van der Waals surface area (Å²) in [5.41, 5.74) is 0. The fourth-order valence-electron chi connectivity index (χ4n) is 2.47. The van der Waals surface area contributed by atoms with Gasteiger partial charge in [-0.25, -0.2) is 0 Å². The van der Waals surface area contributed by atoms with Crippen LogP contribution in [0.15, 0.2) is 0 Å². The summed E-state index contributed by atoms with van der Waals surface area (Å²) in [6.07, 6.45) is -2.10. The summed E-state index contributed by atoms with van der Waals surface area (Å²) in [5, 5.41) is 10.2. The van der Waals surface area contributed by atoms with Crippen molar-refractivity contribution in [1.82, 2.24) is 25.0 Å². The van der Waals surface area contributed by atoms with Crippen molar-refractivity contribution in [3.05, 3.63) is 11.6 Å². The Morgan fingerprint density at radius 2 is 2.05 bits per heavy atom. The molecule has 0 unspecified atom stereocenters. The quantitative estimate of drug-likeness (QED) is 0.887. The third kappa shape index (κ3) is 3.52. The molecular formula is C12H16F3N5O. The minimum absolute atomic E-state index is 0.0539. The van der Waals surface area contributed by atoms with Crippen LogP contribution < -0.4 is 5.32 Å². The van der Waals surface area contributed by atoms with Gasteiger partial charge in [0.2, 0.25) is 5.91 Å². The van der Waals surface area contributed by atoms with Gasteiger partial charge in [-0.1, -0.05) is 0 Å². The zero-order valence-corrected chi connectivity index (χ0v) is 11.4. The molecule has 1 aromatic rings. The van der Waals surface area contributed by atoms with Crippen molar-refractivity contribution in [3.8, 4) is 0 Å². The summed E-state index contributed by atoms with van der Waals surface area (Å²) in [6.45, 7) is 0.396. The molecule has 0 radical (unpaired) electrons. The molecule has 2 aliphatic rings. The predicted molar refractivity (Wildman–Crippen MR) is 66.3 cm³/mol. The van der Waals surface area contributed by atoms with Gasteiger partial charge in [-0.2, -0.15) is 13.2 Å². The van der Waals surface area contributed by atoms with Crippen LogP contribution >= 0.6 is 0 Å². The summed E-state index contributed by atoms with van der Waals surface area (Å²) in [7, 11) is 0. The highest BCUT2D eigenvalue weighted by Crippen LogP contribution is 2.39. The molecule has 1 aliphatic carbocycles. The molecule has 0 atom stereocenters. The van der Waals surface area contributed by atoms with E-state index in [2.05, 4.69) is 14.8 Å². The van der Waals surface area contributed by atoms with Crippen LogP contribution in [0.2, 0.25) is 0 Å². The van der Waals surface area contributed by atoms with Crippen LogP contribution in [0.3, 0.4) is 0 Å². The number of nitrogens with one attached hydrogen (secondary N) is 1. The molecule has 0 aromatic carbocycles. The number of amides is 1.